The van der Waals surface area contributed by atoms with E-state index in [0.29, 0.717) is 5.03 Å². The number of hydrogen-bond donors (Lipinski definition) is 0. The fraction of sp³-hybridized carbons (Fsp3) is 0.571. The molecule has 0 aliphatic heterocycles. The van der Waals surface area contributed by atoms with Crippen LogP contribution in [0.2, 0.25) is 0 Å². The van der Waals surface area contributed by atoms with Gasteiger partial charge in [0.1, 0.15) is 6.29 Å². The van der Waals surface area contributed by atoms with Gasteiger partial charge in [0.2, 0.25) is 0 Å². The lowest BCUT2D eigenvalue weighted by Gasteiger charge is -2.02. The van der Waals surface area contributed by atoms with Gasteiger partial charge < -0.3 is 0 Å². The molecule has 1 fully saturated rings. The van der Waals surface area contributed by atoms with E-state index in [-0.39, 0.29) is 5.41 Å². The molecule has 0 aromatic carbocycles. The van der Waals surface area contributed by atoms with E-state index in [2.05, 4.69) is 6.92 Å². The Morgan fingerprint density at radius 2 is 2.22 bits per heavy atom. The number of carbonyl (C=O) groups excluding carboxylic acids is 1. The van der Waals surface area contributed by atoms with Gasteiger partial charge in [-0.05, 0) is 18.9 Å². The molecule has 0 N–H and O–H groups in total. The van der Waals surface area contributed by atoms with Crippen molar-refractivity contribution in [2.45, 2.75) is 19.8 Å². The molecule has 9 heavy (non-hydrogen) atoms. The molecular weight excluding hydrogens is 136 g/mol. The first kappa shape index (κ1) is 6.81. The van der Waals surface area contributed by atoms with Crippen molar-refractivity contribution in [3.63, 3.8) is 0 Å². The molecule has 0 aromatic heterocycles. The molecule has 50 valence electrons. The summed E-state index contributed by atoms with van der Waals surface area (Å²) >= 11 is 5.75. The van der Waals surface area contributed by atoms with E-state index >= 15 is 0 Å². The highest BCUT2D eigenvalue weighted by Crippen LogP contribution is 2.52. The Bertz CT molecular complexity index is 156. The fourth-order valence-electron chi connectivity index (χ4n) is 0.687. The van der Waals surface area contributed by atoms with Gasteiger partial charge >= 0.3 is 0 Å². The topological polar surface area (TPSA) is 17.1 Å². The van der Waals surface area contributed by atoms with Crippen molar-refractivity contribution in [3.05, 3.63) is 11.1 Å². The molecule has 1 saturated carbocycles. The molecule has 0 unspecified atom stereocenters. The van der Waals surface area contributed by atoms with Crippen molar-refractivity contribution in [1.82, 2.24) is 0 Å². The molecule has 0 saturated heterocycles. The first-order chi connectivity index (χ1) is 4.19. The highest BCUT2D eigenvalue weighted by atomic mass is 35.5. The molecule has 1 rings (SSSR count). The number of halogens is 1. The number of hydrogen-bond acceptors (Lipinski definition) is 1. The van der Waals surface area contributed by atoms with E-state index in [4.69, 9.17) is 11.6 Å². The molecule has 1 aliphatic carbocycles. The summed E-state index contributed by atoms with van der Waals surface area (Å²) < 4.78 is 0. The van der Waals surface area contributed by atoms with E-state index in [1.165, 1.54) is 6.08 Å². The predicted octanol–water partition coefficient (Wildman–Crippen LogP) is 2.11. The summed E-state index contributed by atoms with van der Waals surface area (Å²) in [5, 5.41) is 0.706. The molecule has 0 bridgehead atoms. The Balaban J connectivity index is 2.61. The van der Waals surface area contributed by atoms with E-state index in [1.807, 2.05) is 0 Å². The largest absolute Gasteiger partial charge is 0.299 e. The number of aldehydes is 1. The minimum absolute atomic E-state index is 0.155. The lowest BCUT2D eigenvalue weighted by Crippen LogP contribution is -1.91. The van der Waals surface area contributed by atoms with Gasteiger partial charge in [-0.1, -0.05) is 18.5 Å². The summed E-state index contributed by atoms with van der Waals surface area (Å²) in [7, 11) is 0. The summed E-state index contributed by atoms with van der Waals surface area (Å²) in [5.41, 5.74) is 0.155. The standard InChI is InChI=1S/C7H9ClO/c1-7(3-4-7)6(8)2-5-9/h2,5H,3-4H2,1H3. The lowest BCUT2D eigenvalue weighted by atomic mass is 10.1. The Hall–Kier alpha value is -0.300. The molecule has 2 heteroatoms. The zero-order chi connectivity index (χ0) is 6.91. The minimum Gasteiger partial charge on any atom is -0.299 e. The van der Waals surface area contributed by atoms with E-state index in [0.717, 1.165) is 19.1 Å². The van der Waals surface area contributed by atoms with E-state index < -0.39 is 0 Å². The first-order valence-corrected chi connectivity index (χ1v) is 3.38. The maximum absolute atomic E-state index is 9.93. The van der Waals surface area contributed by atoms with Gasteiger partial charge in [-0.25, -0.2) is 0 Å². The SMILES string of the molecule is CC1(C(Cl)=CC=O)CC1. The molecule has 0 aromatic rings. The summed E-state index contributed by atoms with van der Waals surface area (Å²) in [5.74, 6) is 0. The van der Waals surface area contributed by atoms with Crippen LogP contribution < -0.4 is 0 Å². The number of rotatable bonds is 2. The van der Waals surface area contributed by atoms with Crippen LogP contribution in [0.4, 0.5) is 0 Å². The highest BCUT2D eigenvalue weighted by Gasteiger charge is 2.40. The van der Waals surface area contributed by atoms with Crippen LogP contribution in [0.3, 0.4) is 0 Å². The predicted molar refractivity (Wildman–Crippen MR) is 37.3 cm³/mol. The summed E-state index contributed by atoms with van der Waals surface area (Å²) in [6.07, 6.45) is 4.42. The molecule has 0 heterocycles. The van der Waals surface area contributed by atoms with Crippen LogP contribution in [0.25, 0.3) is 0 Å². The van der Waals surface area contributed by atoms with Gasteiger partial charge in [-0.3, -0.25) is 4.79 Å². The van der Waals surface area contributed by atoms with Gasteiger partial charge in [0.25, 0.3) is 0 Å². The Morgan fingerprint density at radius 3 is 2.56 bits per heavy atom. The summed E-state index contributed by atoms with van der Waals surface area (Å²) in [4.78, 5) is 9.93. The third kappa shape index (κ3) is 1.33. The van der Waals surface area contributed by atoms with Crippen LogP contribution in [0, 0.1) is 5.41 Å². The molecule has 0 spiro atoms. The second-order valence-electron chi connectivity index (χ2n) is 2.71. The highest BCUT2D eigenvalue weighted by molar-refractivity contribution is 6.31. The van der Waals surface area contributed by atoms with Crippen LogP contribution >= 0.6 is 11.6 Å². The maximum Gasteiger partial charge on any atom is 0.144 e. The van der Waals surface area contributed by atoms with Crippen LogP contribution in [0.1, 0.15) is 19.8 Å². The summed E-state index contributed by atoms with van der Waals surface area (Å²) in [6, 6.07) is 0. The summed E-state index contributed by atoms with van der Waals surface area (Å²) in [6.45, 7) is 2.06. The number of carbonyl (C=O) groups is 1. The average Bonchev–Trinajstić information content (AvgIpc) is 2.50. The van der Waals surface area contributed by atoms with E-state index in [9.17, 15) is 4.79 Å². The van der Waals surface area contributed by atoms with Crippen molar-refractivity contribution < 1.29 is 4.79 Å². The molecule has 1 nitrogen and oxygen atoms in total. The molecule has 0 radical (unpaired) electrons. The Labute approximate surface area is 59.7 Å². The van der Waals surface area contributed by atoms with Gasteiger partial charge in [-0.15, -0.1) is 0 Å². The monoisotopic (exact) mass is 144 g/mol. The normalized spacial score (nSPS) is 23.6. The van der Waals surface area contributed by atoms with Gasteiger partial charge in [0.15, 0.2) is 0 Å². The fourth-order valence-corrected chi connectivity index (χ4v) is 0.928. The Kier molecular flexibility index (Phi) is 1.62. The van der Waals surface area contributed by atoms with Gasteiger partial charge in [0, 0.05) is 10.4 Å². The Morgan fingerprint density at radius 1 is 1.67 bits per heavy atom. The lowest BCUT2D eigenvalue weighted by molar-refractivity contribution is -0.104. The second-order valence-corrected chi connectivity index (χ2v) is 3.12. The zero-order valence-corrected chi connectivity index (χ0v) is 6.11. The van der Waals surface area contributed by atoms with Crippen LogP contribution in [-0.4, -0.2) is 6.29 Å². The van der Waals surface area contributed by atoms with Crippen LogP contribution in [0.5, 0.6) is 0 Å². The molecular formula is C7H9ClO. The van der Waals surface area contributed by atoms with Crippen molar-refractivity contribution >= 4 is 17.9 Å². The van der Waals surface area contributed by atoms with Crippen LogP contribution in [0.15, 0.2) is 11.1 Å². The molecule has 0 atom stereocenters. The van der Waals surface area contributed by atoms with Crippen molar-refractivity contribution in [2.24, 2.45) is 5.41 Å². The molecule has 0 amide bonds. The van der Waals surface area contributed by atoms with Crippen molar-refractivity contribution in [1.29, 1.82) is 0 Å². The minimum atomic E-state index is 0.155. The van der Waals surface area contributed by atoms with E-state index in [1.54, 1.807) is 0 Å². The number of allylic oxidation sites excluding steroid dienone is 2. The zero-order valence-electron chi connectivity index (χ0n) is 5.36. The molecule has 1 aliphatic rings. The third-order valence-electron chi connectivity index (χ3n) is 1.79. The smallest absolute Gasteiger partial charge is 0.144 e. The quantitative estimate of drug-likeness (QED) is 0.429. The average molecular weight is 145 g/mol. The van der Waals surface area contributed by atoms with Gasteiger partial charge in [0.05, 0.1) is 0 Å². The van der Waals surface area contributed by atoms with Crippen LogP contribution in [-0.2, 0) is 4.79 Å². The van der Waals surface area contributed by atoms with Crippen molar-refractivity contribution in [2.75, 3.05) is 0 Å². The first-order valence-electron chi connectivity index (χ1n) is 3.00. The van der Waals surface area contributed by atoms with Gasteiger partial charge in [-0.2, -0.15) is 0 Å². The van der Waals surface area contributed by atoms with Crippen molar-refractivity contribution in [3.8, 4) is 0 Å². The third-order valence-corrected chi connectivity index (χ3v) is 2.37. The maximum atomic E-state index is 9.93. The second kappa shape index (κ2) is 2.14.